The van der Waals surface area contributed by atoms with Gasteiger partial charge >= 0.3 is 0 Å². The highest BCUT2D eigenvalue weighted by atomic mass is 35.5. The lowest BCUT2D eigenvalue weighted by molar-refractivity contribution is -0.126. The average Bonchev–Trinajstić information content (AvgIpc) is 3.23. The fraction of sp³-hybridized carbons (Fsp3) is 0.269. The first kappa shape index (κ1) is 22.2. The Labute approximate surface area is 210 Å². The van der Waals surface area contributed by atoms with Gasteiger partial charge in [-0.1, -0.05) is 18.5 Å². The monoisotopic (exact) mass is 508 g/mol. The van der Waals surface area contributed by atoms with E-state index in [0.717, 1.165) is 27.2 Å². The number of hydrogen-bond acceptors (Lipinski definition) is 4. The van der Waals surface area contributed by atoms with Crippen LogP contribution in [0.3, 0.4) is 0 Å². The topological polar surface area (TPSA) is 81.2 Å². The Morgan fingerprint density at radius 3 is 2.49 bits per heavy atom. The van der Waals surface area contributed by atoms with Crippen molar-refractivity contribution in [3.8, 4) is 5.69 Å². The number of benzene rings is 2. The van der Waals surface area contributed by atoms with Crippen LogP contribution in [-0.4, -0.2) is 21.6 Å². The molecule has 2 fully saturated rings. The first-order valence-electron chi connectivity index (χ1n) is 11.4. The molecule has 2 amide bonds. The number of primary amides is 1. The second-order valence-corrected chi connectivity index (χ2v) is 11.2. The molecule has 3 atom stereocenters. The summed E-state index contributed by atoms with van der Waals surface area (Å²) in [7, 11) is 0. The SMILES string of the molecule is C[C@@H]1C(=O)N(c2ccc3c(cnn3-c3ccc(F)cc3)c2)[C@H](c2ccc(Cl)s2)[C@@H]1C1(C(N)=O)CC1. The van der Waals surface area contributed by atoms with Crippen molar-refractivity contribution < 1.29 is 14.0 Å². The molecule has 1 aliphatic heterocycles. The molecular weight excluding hydrogens is 487 g/mol. The molecule has 0 unspecified atom stereocenters. The molecule has 2 N–H and O–H groups in total. The molecule has 9 heteroatoms. The van der Waals surface area contributed by atoms with E-state index in [1.165, 1.54) is 23.5 Å². The van der Waals surface area contributed by atoms with Crippen molar-refractivity contribution in [2.75, 3.05) is 4.90 Å². The molecule has 0 spiro atoms. The number of carbonyl (C=O) groups excluding carboxylic acids is 2. The Hall–Kier alpha value is -3.23. The average molecular weight is 509 g/mol. The maximum absolute atomic E-state index is 13.7. The zero-order valence-corrected chi connectivity index (χ0v) is 20.4. The maximum atomic E-state index is 13.7. The van der Waals surface area contributed by atoms with E-state index in [9.17, 15) is 14.0 Å². The number of aromatic nitrogens is 2. The number of thiophene rings is 1. The second kappa shape index (κ2) is 7.90. The van der Waals surface area contributed by atoms with Gasteiger partial charge in [0, 0.05) is 27.8 Å². The molecule has 2 aliphatic rings. The van der Waals surface area contributed by atoms with Crippen molar-refractivity contribution in [3.63, 3.8) is 0 Å². The van der Waals surface area contributed by atoms with E-state index in [1.807, 2.05) is 37.3 Å². The summed E-state index contributed by atoms with van der Waals surface area (Å²) in [5.74, 6) is -1.30. The number of carbonyl (C=O) groups is 2. The summed E-state index contributed by atoms with van der Waals surface area (Å²) in [6.45, 7) is 1.89. The zero-order valence-electron chi connectivity index (χ0n) is 18.8. The largest absolute Gasteiger partial charge is 0.369 e. The lowest BCUT2D eigenvalue weighted by Gasteiger charge is -2.31. The van der Waals surface area contributed by atoms with Gasteiger partial charge in [-0.2, -0.15) is 5.10 Å². The minimum atomic E-state index is -0.678. The molecule has 0 radical (unpaired) electrons. The summed E-state index contributed by atoms with van der Waals surface area (Å²) < 4.78 is 15.7. The van der Waals surface area contributed by atoms with Crippen LogP contribution in [0, 0.1) is 23.1 Å². The van der Waals surface area contributed by atoms with Gasteiger partial charge in [0.25, 0.3) is 0 Å². The Morgan fingerprint density at radius 2 is 1.86 bits per heavy atom. The molecule has 1 saturated heterocycles. The van der Waals surface area contributed by atoms with Crippen molar-refractivity contribution in [3.05, 3.63) is 75.8 Å². The number of nitrogens with two attached hydrogens (primary N) is 1. The molecule has 6 nitrogen and oxygen atoms in total. The lowest BCUT2D eigenvalue weighted by atomic mass is 9.76. The smallest absolute Gasteiger partial charge is 0.230 e. The standard InChI is InChI=1S/C26H22ClFN4O2S/c1-14-22(26(10-11-26)25(29)34)23(20-8-9-21(27)35-20)31(24(14)33)18-6-7-19-15(12-18)13-30-32(19)17-4-2-16(28)3-5-17/h2-9,12-14,22-23H,10-11H2,1H3,(H2,29,34)/t14-,22+,23+/m0/s1. The normalized spacial score (nSPS) is 23.2. The Kier molecular flexibility index (Phi) is 5.02. The first-order chi connectivity index (χ1) is 16.8. The summed E-state index contributed by atoms with van der Waals surface area (Å²) in [5.41, 5.74) is 7.49. The Bertz CT molecular complexity index is 1480. The van der Waals surface area contributed by atoms with Crippen LogP contribution in [0.2, 0.25) is 4.34 Å². The van der Waals surface area contributed by atoms with Crippen LogP contribution in [0.15, 0.2) is 60.8 Å². The summed E-state index contributed by atoms with van der Waals surface area (Å²) in [4.78, 5) is 28.9. The van der Waals surface area contributed by atoms with E-state index in [0.29, 0.717) is 17.2 Å². The van der Waals surface area contributed by atoms with Crippen molar-refractivity contribution in [2.24, 2.45) is 23.0 Å². The van der Waals surface area contributed by atoms with E-state index in [2.05, 4.69) is 5.10 Å². The number of anilines is 1. The van der Waals surface area contributed by atoms with E-state index in [1.54, 1.807) is 27.9 Å². The minimum absolute atomic E-state index is 0.0395. The van der Waals surface area contributed by atoms with Crippen LogP contribution in [0.4, 0.5) is 10.1 Å². The van der Waals surface area contributed by atoms with Gasteiger partial charge in [-0.15, -0.1) is 11.3 Å². The number of halogens is 2. The number of fused-ring (bicyclic) bond motifs is 1. The van der Waals surface area contributed by atoms with Crippen LogP contribution < -0.4 is 10.6 Å². The molecule has 1 saturated carbocycles. The molecular formula is C26H22ClFN4O2S. The second-order valence-electron chi connectivity index (χ2n) is 9.41. The van der Waals surface area contributed by atoms with Gasteiger partial charge < -0.3 is 10.6 Å². The third-order valence-electron chi connectivity index (χ3n) is 7.49. The predicted octanol–water partition coefficient (Wildman–Crippen LogP) is 5.49. The number of hydrogen-bond donors (Lipinski definition) is 1. The molecule has 35 heavy (non-hydrogen) atoms. The van der Waals surface area contributed by atoms with E-state index >= 15 is 0 Å². The molecule has 6 rings (SSSR count). The van der Waals surface area contributed by atoms with Gasteiger partial charge in [0.05, 0.1) is 33.2 Å². The van der Waals surface area contributed by atoms with Gasteiger partial charge in [-0.25, -0.2) is 9.07 Å². The van der Waals surface area contributed by atoms with Gasteiger partial charge in [0.15, 0.2) is 0 Å². The molecule has 3 heterocycles. The van der Waals surface area contributed by atoms with E-state index in [-0.39, 0.29) is 35.5 Å². The summed E-state index contributed by atoms with van der Waals surface area (Å²) in [5, 5.41) is 5.32. The van der Waals surface area contributed by atoms with E-state index < -0.39 is 5.41 Å². The fourth-order valence-electron chi connectivity index (χ4n) is 5.64. The predicted molar refractivity (Wildman–Crippen MR) is 134 cm³/mol. The van der Waals surface area contributed by atoms with Crippen LogP contribution >= 0.6 is 22.9 Å². The quantitative estimate of drug-likeness (QED) is 0.387. The molecule has 1 aliphatic carbocycles. The Morgan fingerprint density at radius 1 is 1.14 bits per heavy atom. The summed E-state index contributed by atoms with van der Waals surface area (Å²) in [6.07, 6.45) is 3.11. The van der Waals surface area contributed by atoms with Gasteiger partial charge in [0.2, 0.25) is 11.8 Å². The van der Waals surface area contributed by atoms with Crippen LogP contribution in [0.1, 0.15) is 30.7 Å². The lowest BCUT2D eigenvalue weighted by Crippen LogP contribution is -2.37. The van der Waals surface area contributed by atoms with Crippen molar-refractivity contribution in [1.29, 1.82) is 0 Å². The summed E-state index contributed by atoms with van der Waals surface area (Å²) >= 11 is 7.71. The molecule has 4 aromatic rings. The highest BCUT2D eigenvalue weighted by molar-refractivity contribution is 7.16. The highest BCUT2D eigenvalue weighted by Gasteiger charge is 2.64. The number of amides is 2. The molecule has 178 valence electrons. The Balaban J connectivity index is 1.46. The van der Waals surface area contributed by atoms with Crippen LogP contribution in [0.5, 0.6) is 0 Å². The van der Waals surface area contributed by atoms with E-state index in [4.69, 9.17) is 17.3 Å². The first-order valence-corrected chi connectivity index (χ1v) is 12.6. The third-order valence-corrected chi connectivity index (χ3v) is 8.79. The minimum Gasteiger partial charge on any atom is -0.369 e. The third kappa shape index (κ3) is 3.38. The van der Waals surface area contributed by atoms with Crippen LogP contribution in [-0.2, 0) is 9.59 Å². The fourth-order valence-corrected chi connectivity index (χ4v) is 6.84. The molecule has 2 aromatic heterocycles. The summed E-state index contributed by atoms with van der Waals surface area (Å²) in [6, 6.07) is 15.3. The zero-order chi connectivity index (χ0) is 24.5. The van der Waals surface area contributed by atoms with Crippen molar-refractivity contribution >= 4 is 51.3 Å². The molecule has 0 bridgehead atoms. The van der Waals surface area contributed by atoms with Gasteiger partial charge in [-0.05, 0) is 67.4 Å². The maximum Gasteiger partial charge on any atom is 0.230 e. The van der Waals surface area contributed by atoms with Gasteiger partial charge in [-0.3, -0.25) is 9.59 Å². The highest BCUT2D eigenvalue weighted by Crippen LogP contribution is 2.63. The van der Waals surface area contributed by atoms with Crippen molar-refractivity contribution in [1.82, 2.24) is 9.78 Å². The van der Waals surface area contributed by atoms with Crippen molar-refractivity contribution in [2.45, 2.75) is 25.8 Å². The number of rotatable bonds is 5. The molecule has 2 aromatic carbocycles. The van der Waals surface area contributed by atoms with Gasteiger partial charge in [0.1, 0.15) is 5.82 Å². The van der Waals surface area contributed by atoms with Crippen LogP contribution in [0.25, 0.3) is 16.6 Å². The number of nitrogens with zero attached hydrogens (tertiary/aromatic N) is 3.